The minimum absolute atomic E-state index is 0.0608. The summed E-state index contributed by atoms with van der Waals surface area (Å²) in [6, 6.07) is 18.0. The zero-order valence-electron chi connectivity index (χ0n) is 15.1. The fourth-order valence-electron chi connectivity index (χ4n) is 3.78. The lowest BCUT2D eigenvalue weighted by Gasteiger charge is -2.35. The van der Waals surface area contributed by atoms with E-state index >= 15 is 0 Å². The monoisotopic (exact) mass is 348 g/mol. The summed E-state index contributed by atoms with van der Waals surface area (Å²) in [5.74, 6) is 0.805. The first-order valence-electron chi connectivity index (χ1n) is 9.33. The molecule has 134 valence electrons. The van der Waals surface area contributed by atoms with Gasteiger partial charge in [0.25, 0.3) is 5.91 Å². The summed E-state index contributed by atoms with van der Waals surface area (Å²) in [4.78, 5) is 29.1. The number of rotatable bonds is 3. The lowest BCUT2D eigenvalue weighted by molar-refractivity contribution is -0.134. The largest absolute Gasteiger partial charge is 0.339 e. The third-order valence-electron chi connectivity index (χ3n) is 5.51. The topological polar surface area (TPSA) is 40.6 Å². The van der Waals surface area contributed by atoms with Crippen molar-refractivity contribution >= 4 is 11.8 Å². The number of nitrogens with zero attached hydrogens (tertiary/aromatic N) is 2. The minimum atomic E-state index is 0.0608. The van der Waals surface area contributed by atoms with E-state index in [1.165, 1.54) is 5.56 Å². The minimum Gasteiger partial charge on any atom is -0.339 e. The van der Waals surface area contributed by atoms with E-state index in [9.17, 15) is 9.59 Å². The first kappa shape index (κ1) is 16.8. The Morgan fingerprint density at radius 1 is 0.846 bits per heavy atom. The molecule has 4 heteroatoms. The van der Waals surface area contributed by atoms with Crippen molar-refractivity contribution in [3.63, 3.8) is 0 Å². The highest BCUT2D eigenvalue weighted by Gasteiger charge is 2.46. The van der Waals surface area contributed by atoms with Crippen molar-refractivity contribution in [2.24, 2.45) is 5.92 Å². The summed E-state index contributed by atoms with van der Waals surface area (Å²) < 4.78 is 0. The Bertz CT molecular complexity index is 793. The summed E-state index contributed by atoms with van der Waals surface area (Å²) in [7, 11) is 0. The number of hydrogen-bond donors (Lipinski definition) is 0. The van der Waals surface area contributed by atoms with Crippen molar-refractivity contribution in [3.05, 3.63) is 71.3 Å². The van der Waals surface area contributed by atoms with E-state index < -0.39 is 0 Å². The first-order chi connectivity index (χ1) is 12.6. The van der Waals surface area contributed by atoms with Gasteiger partial charge in [-0.15, -0.1) is 0 Å². The molecule has 2 aliphatic rings. The van der Waals surface area contributed by atoms with Gasteiger partial charge >= 0.3 is 0 Å². The van der Waals surface area contributed by atoms with Crippen LogP contribution in [0.15, 0.2) is 54.6 Å². The highest BCUT2D eigenvalue weighted by atomic mass is 16.2. The number of carbonyl (C=O) groups is 2. The van der Waals surface area contributed by atoms with Gasteiger partial charge in [0, 0.05) is 37.7 Å². The highest BCUT2D eigenvalue weighted by Crippen LogP contribution is 2.48. The molecule has 2 aromatic carbocycles. The van der Waals surface area contributed by atoms with E-state index in [0.29, 0.717) is 32.1 Å². The van der Waals surface area contributed by atoms with Gasteiger partial charge in [0.1, 0.15) is 0 Å². The molecule has 26 heavy (non-hydrogen) atoms. The van der Waals surface area contributed by atoms with Gasteiger partial charge in [-0.25, -0.2) is 0 Å². The lowest BCUT2D eigenvalue weighted by Crippen LogP contribution is -2.51. The van der Waals surface area contributed by atoms with E-state index in [4.69, 9.17) is 0 Å². The summed E-state index contributed by atoms with van der Waals surface area (Å²) in [5.41, 5.74) is 3.13. The van der Waals surface area contributed by atoms with Crippen LogP contribution in [0.1, 0.15) is 33.8 Å². The number of hydrogen-bond acceptors (Lipinski definition) is 2. The SMILES string of the molecule is Cc1ccc(C(=O)N2CCN(C(=O)C3CC3c3ccccc3)CC2)cc1. The Kier molecular flexibility index (Phi) is 4.49. The molecule has 1 saturated heterocycles. The van der Waals surface area contributed by atoms with Crippen LogP contribution in [0.3, 0.4) is 0 Å². The molecule has 2 unspecified atom stereocenters. The van der Waals surface area contributed by atoms with Gasteiger partial charge in [0.05, 0.1) is 0 Å². The molecule has 0 spiro atoms. The van der Waals surface area contributed by atoms with Gasteiger partial charge in [-0.3, -0.25) is 9.59 Å². The van der Waals surface area contributed by atoms with E-state index in [1.807, 2.05) is 59.2 Å². The van der Waals surface area contributed by atoms with Gasteiger partial charge in [0.15, 0.2) is 0 Å². The van der Waals surface area contributed by atoms with Crippen LogP contribution in [-0.4, -0.2) is 47.8 Å². The molecule has 0 bridgehead atoms. The van der Waals surface area contributed by atoms with Crippen molar-refractivity contribution < 1.29 is 9.59 Å². The average molecular weight is 348 g/mol. The molecule has 2 amide bonds. The van der Waals surface area contributed by atoms with Gasteiger partial charge in [-0.05, 0) is 37.0 Å². The molecule has 1 saturated carbocycles. The fraction of sp³-hybridized carbons (Fsp3) is 0.364. The molecular formula is C22H24N2O2. The van der Waals surface area contributed by atoms with Gasteiger partial charge < -0.3 is 9.80 Å². The molecule has 1 aliphatic carbocycles. The second-order valence-electron chi connectivity index (χ2n) is 7.34. The van der Waals surface area contributed by atoms with Crippen LogP contribution < -0.4 is 0 Å². The van der Waals surface area contributed by atoms with Gasteiger partial charge in [0.2, 0.25) is 5.91 Å². The van der Waals surface area contributed by atoms with E-state index in [1.54, 1.807) is 0 Å². The van der Waals surface area contributed by atoms with Crippen LogP contribution in [0.2, 0.25) is 0 Å². The van der Waals surface area contributed by atoms with Crippen LogP contribution in [-0.2, 0) is 4.79 Å². The molecule has 4 rings (SSSR count). The molecule has 1 aliphatic heterocycles. The van der Waals surface area contributed by atoms with Crippen LogP contribution in [0.4, 0.5) is 0 Å². The molecule has 2 atom stereocenters. The maximum atomic E-state index is 12.8. The Labute approximate surface area is 154 Å². The van der Waals surface area contributed by atoms with Crippen molar-refractivity contribution in [2.45, 2.75) is 19.3 Å². The Hall–Kier alpha value is -2.62. The van der Waals surface area contributed by atoms with E-state index in [-0.39, 0.29) is 17.7 Å². The number of amides is 2. The number of piperazine rings is 1. The Balaban J connectivity index is 1.32. The fourth-order valence-corrected chi connectivity index (χ4v) is 3.78. The molecule has 2 aromatic rings. The molecule has 0 aromatic heterocycles. The van der Waals surface area contributed by atoms with Crippen molar-refractivity contribution in [3.8, 4) is 0 Å². The van der Waals surface area contributed by atoms with Crippen LogP contribution >= 0.6 is 0 Å². The average Bonchev–Trinajstić information content (AvgIpc) is 3.49. The van der Waals surface area contributed by atoms with Crippen LogP contribution in [0.5, 0.6) is 0 Å². The van der Waals surface area contributed by atoms with E-state index in [0.717, 1.165) is 17.5 Å². The molecule has 0 N–H and O–H groups in total. The number of carbonyl (C=O) groups excluding carboxylic acids is 2. The summed E-state index contributed by atoms with van der Waals surface area (Å²) in [6.07, 6.45) is 0.950. The summed E-state index contributed by atoms with van der Waals surface area (Å²) in [5, 5.41) is 0. The maximum Gasteiger partial charge on any atom is 0.253 e. The van der Waals surface area contributed by atoms with Crippen molar-refractivity contribution in [1.29, 1.82) is 0 Å². The first-order valence-corrected chi connectivity index (χ1v) is 9.33. The van der Waals surface area contributed by atoms with Crippen molar-refractivity contribution in [2.75, 3.05) is 26.2 Å². The molecule has 4 nitrogen and oxygen atoms in total. The van der Waals surface area contributed by atoms with Crippen molar-refractivity contribution in [1.82, 2.24) is 9.80 Å². The Morgan fingerprint density at radius 2 is 1.46 bits per heavy atom. The predicted molar refractivity (Wildman–Crippen MR) is 101 cm³/mol. The molecular weight excluding hydrogens is 324 g/mol. The smallest absolute Gasteiger partial charge is 0.253 e. The quantitative estimate of drug-likeness (QED) is 0.855. The van der Waals surface area contributed by atoms with Crippen LogP contribution in [0.25, 0.3) is 0 Å². The third-order valence-corrected chi connectivity index (χ3v) is 5.51. The molecule has 1 heterocycles. The standard InChI is InChI=1S/C22H24N2O2/c1-16-7-9-18(10-8-16)21(25)23-11-13-24(14-12-23)22(26)20-15-19(20)17-5-3-2-4-6-17/h2-10,19-20H,11-15H2,1H3. The highest BCUT2D eigenvalue weighted by molar-refractivity contribution is 5.94. The normalized spacial score (nSPS) is 22.2. The van der Waals surface area contributed by atoms with Gasteiger partial charge in [-0.2, -0.15) is 0 Å². The molecule has 0 radical (unpaired) electrons. The maximum absolute atomic E-state index is 12.8. The third kappa shape index (κ3) is 3.36. The van der Waals surface area contributed by atoms with E-state index in [2.05, 4.69) is 12.1 Å². The molecule has 2 fully saturated rings. The zero-order chi connectivity index (χ0) is 18.1. The summed E-state index contributed by atoms with van der Waals surface area (Å²) >= 11 is 0. The Morgan fingerprint density at radius 3 is 2.12 bits per heavy atom. The second kappa shape index (κ2) is 6.94. The summed E-state index contributed by atoms with van der Waals surface area (Å²) in [6.45, 7) is 4.50. The zero-order valence-corrected chi connectivity index (χ0v) is 15.1. The number of benzene rings is 2. The van der Waals surface area contributed by atoms with Gasteiger partial charge in [-0.1, -0.05) is 48.0 Å². The predicted octanol–water partition coefficient (Wildman–Crippen LogP) is 3.08. The lowest BCUT2D eigenvalue weighted by atomic mass is 10.1. The second-order valence-corrected chi connectivity index (χ2v) is 7.34. The number of aryl methyl sites for hydroxylation is 1. The van der Waals surface area contributed by atoms with Crippen LogP contribution in [0, 0.1) is 12.8 Å².